The van der Waals surface area contributed by atoms with Crippen LogP contribution in [0, 0.1) is 11.3 Å². The fourth-order valence-corrected chi connectivity index (χ4v) is 2.26. The van der Waals surface area contributed by atoms with Crippen molar-refractivity contribution in [3.05, 3.63) is 65.6 Å². The minimum absolute atomic E-state index is 0.0698. The Balaban J connectivity index is 1.75. The lowest BCUT2D eigenvalue weighted by Gasteiger charge is -2.06. The highest BCUT2D eigenvalue weighted by atomic mass is 35.5. The Morgan fingerprint density at radius 1 is 1.29 bits per heavy atom. The third-order valence-electron chi connectivity index (χ3n) is 3.29. The summed E-state index contributed by atoms with van der Waals surface area (Å²) in [6.07, 6.45) is 2.95. The summed E-state index contributed by atoms with van der Waals surface area (Å²) in [5, 5.41) is 15.1. The number of nitrogens with one attached hydrogen (secondary N) is 3. The number of hydrogen-bond donors (Lipinski definition) is 3. The van der Waals surface area contributed by atoms with E-state index in [1.165, 1.54) is 6.20 Å². The topological polar surface area (TPSA) is 93.6 Å². The molecule has 3 N–H and O–H groups in total. The predicted molar refractivity (Wildman–Crippen MR) is 93.5 cm³/mol. The Morgan fingerprint density at radius 2 is 2.12 bits per heavy atom. The molecule has 0 saturated heterocycles. The average Bonchev–Trinajstić information content (AvgIpc) is 3.05. The molecule has 3 rings (SSSR count). The molecule has 6 nitrogen and oxygen atoms in total. The van der Waals surface area contributed by atoms with E-state index in [1.54, 1.807) is 36.7 Å². The summed E-state index contributed by atoms with van der Waals surface area (Å²) in [7, 11) is 0. The number of aromatic amines is 1. The van der Waals surface area contributed by atoms with E-state index in [-0.39, 0.29) is 5.57 Å². The average molecular weight is 338 g/mol. The van der Waals surface area contributed by atoms with Gasteiger partial charge in [0.25, 0.3) is 5.91 Å². The van der Waals surface area contributed by atoms with Crippen molar-refractivity contribution in [1.82, 2.24) is 9.97 Å². The number of hydrogen-bond acceptors (Lipinski definition) is 4. The second-order valence-electron chi connectivity index (χ2n) is 4.88. The summed E-state index contributed by atoms with van der Waals surface area (Å²) in [5.41, 5.74) is 2.79. The number of nitrogens with zero attached hydrogens (tertiary/aromatic N) is 2. The first-order chi connectivity index (χ1) is 11.7. The summed E-state index contributed by atoms with van der Waals surface area (Å²) in [4.78, 5) is 19.3. The van der Waals surface area contributed by atoms with Crippen molar-refractivity contribution in [2.45, 2.75) is 0 Å². The highest BCUT2D eigenvalue weighted by molar-refractivity contribution is 6.33. The number of nitriles is 1. The van der Waals surface area contributed by atoms with E-state index < -0.39 is 5.91 Å². The largest absolute Gasteiger partial charge is 0.360 e. The molecule has 2 aromatic carbocycles. The van der Waals surface area contributed by atoms with Gasteiger partial charge in [-0.15, -0.1) is 0 Å². The fraction of sp³-hybridized carbons (Fsp3) is 0. The van der Waals surface area contributed by atoms with Crippen molar-refractivity contribution < 1.29 is 4.79 Å². The number of fused-ring (bicyclic) bond motifs is 1. The maximum atomic E-state index is 12.2. The Labute approximate surface area is 142 Å². The van der Waals surface area contributed by atoms with Crippen LogP contribution in [0.1, 0.15) is 0 Å². The molecule has 0 aliphatic rings. The molecule has 3 aromatic rings. The van der Waals surface area contributed by atoms with Crippen LogP contribution in [0.15, 0.2) is 60.6 Å². The lowest BCUT2D eigenvalue weighted by Crippen LogP contribution is -2.14. The van der Waals surface area contributed by atoms with Crippen LogP contribution < -0.4 is 10.6 Å². The normalized spacial score (nSPS) is 11.1. The third kappa shape index (κ3) is 3.37. The molecule has 7 heteroatoms. The molecule has 0 bridgehead atoms. The Kier molecular flexibility index (Phi) is 4.45. The van der Waals surface area contributed by atoms with Crippen LogP contribution in [-0.2, 0) is 4.79 Å². The monoisotopic (exact) mass is 337 g/mol. The second-order valence-corrected chi connectivity index (χ2v) is 5.29. The smallest absolute Gasteiger partial charge is 0.267 e. The van der Waals surface area contributed by atoms with Crippen molar-refractivity contribution in [3.63, 3.8) is 0 Å². The fourth-order valence-electron chi connectivity index (χ4n) is 2.08. The zero-order valence-corrected chi connectivity index (χ0v) is 13.1. The lowest BCUT2D eigenvalue weighted by atomic mass is 10.2. The quantitative estimate of drug-likeness (QED) is 0.500. The molecule has 0 radical (unpaired) electrons. The maximum absolute atomic E-state index is 12.2. The zero-order valence-electron chi connectivity index (χ0n) is 12.4. The van der Waals surface area contributed by atoms with Gasteiger partial charge in [-0.3, -0.25) is 4.79 Å². The molecular formula is C17H12ClN5O. The summed E-state index contributed by atoms with van der Waals surface area (Å²) >= 11 is 5.99. The van der Waals surface area contributed by atoms with E-state index in [0.29, 0.717) is 10.7 Å². The van der Waals surface area contributed by atoms with Crippen molar-refractivity contribution in [3.8, 4) is 6.07 Å². The minimum Gasteiger partial charge on any atom is -0.360 e. The summed E-state index contributed by atoms with van der Waals surface area (Å²) in [5.74, 6) is -0.541. The summed E-state index contributed by atoms with van der Waals surface area (Å²) < 4.78 is 0. The summed E-state index contributed by atoms with van der Waals surface area (Å²) in [6.45, 7) is 0. The van der Waals surface area contributed by atoms with Gasteiger partial charge in [0.2, 0.25) is 0 Å². The standard InChI is InChI=1S/C17H12ClN5O/c18-13-3-1-2-4-14(13)23-17(24)11(8-19)9-20-12-5-6-15-16(7-12)22-10-21-15/h1-7,9-10,20H,(H,21,22)(H,23,24)/b11-9-. The molecule has 0 fully saturated rings. The van der Waals surface area contributed by atoms with Gasteiger partial charge in [0.1, 0.15) is 11.6 Å². The molecule has 1 heterocycles. The van der Waals surface area contributed by atoms with Crippen LogP contribution >= 0.6 is 11.6 Å². The Hall–Kier alpha value is -3.30. The van der Waals surface area contributed by atoms with Gasteiger partial charge in [-0.25, -0.2) is 4.98 Å². The molecule has 0 aliphatic heterocycles. The van der Waals surface area contributed by atoms with E-state index in [0.717, 1.165) is 16.7 Å². The highest BCUT2D eigenvalue weighted by Crippen LogP contribution is 2.21. The van der Waals surface area contributed by atoms with E-state index >= 15 is 0 Å². The van der Waals surface area contributed by atoms with E-state index in [9.17, 15) is 10.1 Å². The van der Waals surface area contributed by atoms with Crippen molar-refractivity contribution in [2.24, 2.45) is 0 Å². The van der Waals surface area contributed by atoms with Crippen LogP contribution in [0.3, 0.4) is 0 Å². The van der Waals surface area contributed by atoms with Gasteiger partial charge in [-0.05, 0) is 30.3 Å². The number of H-pyrrole nitrogens is 1. The molecule has 0 atom stereocenters. The number of carbonyl (C=O) groups excluding carboxylic acids is 1. The number of amides is 1. The number of halogens is 1. The van der Waals surface area contributed by atoms with E-state index in [2.05, 4.69) is 20.6 Å². The molecular weight excluding hydrogens is 326 g/mol. The van der Waals surface area contributed by atoms with Gasteiger partial charge in [0, 0.05) is 11.9 Å². The summed E-state index contributed by atoms with van der Waals surface area (Å²) in [6, 6.07) is 14.2. The number of aromatic nitrogens is 2. The molecule has 118 valence electrons. The first-order valence-corrected chi connectivity index (χ1v) is 7.41. The van der Waals surface area contributed by atoms with Crippen LogP contribution in [0.4, 0.5) is 11.4 Å². The Morgan fingerprint density at radius 3 is 2.92 bits per heavy atom. The van der Waals surface area contributed by atoms with E-state index in [4.69, 9.17) is 11.6 Å². The SMILES string of the molecule is N#C/C(=C/Nc1ccc2nc[nH]c2c1)C(=O)Nc1ccccc1Cl. The van der Waals surface area contributed by atoms with E-state index in [1.807, 2.05) is 18.2 Å². The van der Waals surface area contributed by atoms with Gasteiger partial charge in [-0.1, -0.05) is 23.7 Å². The van der Waals surface area contributed by atoms with Crippen LogP contribution in [0.2, 0.25) is 5.02 Å². The van der Waals surface area contributed by atoms with Crippen molar-refractivity contribution >= 4 is 39.9 Å². The van der Waals surface area contributed by atoms with Crippen LogP contribution in [-0.4, -0.2) is 15.9 Å². The highest BCUT2D eigenvalue weighted by Gasteiger charge is 2.11. The number of carbonyl (C=O) groups is 1. The zero-order chi connectivity index (χ0) is 16.9. The first kappa shape index (κ1) is 15.6. The molecule has 1 aromatic heterocycles. The molecule has 0 saturated carbocycles. The number of rotatable bonds is 4. The Bertz CT molecular complexity index is 970. The molecule has 0 unspecified atom stereocenters. The number of para-hydroxylation sites is 1. The number of benzene rings is 2. The van der Waals surface area contributed by atoms with Crippen molar-refractivity contribution in [1.29, 1.82) is 5.26 Å². The van der Waals surface area contributed by atoms with Crippen LogP contribution in [0.5, 0.6) is 0 Å². The van der Waals surface area contributed by atoms with Gasteiger partial charge < -0.3 is 15.6 Å². The lowest BCUT2D eigenvalue weighted by molar-refractivity contribution is -0.112. The third-order valence-corrected chi connectivity index (χ3v) is 3.62. The first-order valence-electron chi connectivity index (χ1n) is 7.03. The molecule has 1 amide bonds. The van der Waals surface area contributed by atoms with Crippen molar-refractivity contribution in [2.75, 3.05) is 10.6 Å². The number of anilines is 2. The molecule has 0 spiro atoms. The second kappa shape index (κ2) is 6.86. The molecule has 0 aliphatic carbocycles. The minimum atomic E-state index is -0.541. The van der Waals surface area contributed by atoms with Crippen LogP contribution in [0.25, 0.3) is 11.0 Å². The van der Waals surface area contributed by atoms with Gasteiger partial charge in [0.05, 0.1) is 28.1 Å². The van der Waals surface area contributed by atoms with Gasteiger partial charge in [0.15, 0.2) is 0 Å². The maximum Gasteiger partial charge on any atom is 0.267 e. The van der Waals surface area contributed by atoms with Gasteiger partial charge >= 0.3 is 0 Å². The predicted octanol–water partition coefficient (Wildman–Crippen LogP) is 3.67. The van der Waals surface area contributed by atoms with Gasteiger partial charge in [-0.2, -0.15) is 5.26 Å². The molecule has 24 heavy (non-hydrogen) atoms. The number of imidazole rings is 1.